The van der Waals surface area contributed by atoms with Crippen LogP contribution in [0.25, 0.3) is 0 Å². The van der Waals surface area contributed by atoms with Gasteiger partial charge >= 0.3 is 0 Å². The molecule has 0 radical (unpaired) electrons. The van der Waals surface area contributed by atoms with Gasteiger partial charge in [0.05, 0.1) is 12.6 Å². The maximum absolute atomic E-state index is 11.8. The van der Waals surface area contributed by atoms with Gasteiger partial charge in [-0.25, -0.2) is 0 Å². The maximum Gasteiger partial charge on any atom is 0.239 e. The molecule has 2 rings (SSSR count). The van der Waals surface area contributed by atoms with Crippen LogP contribution in [0.2, 0.25) is 0 Å². The normalized spacial score (nSPS) is 25.3. The largest absolute Gasteiger partial charge is 0.391 e. The van der Waals surface area contributed by atoms with E-state index in [0.29, 0.717) is 25.4 Å². The first-order chi connectivity index (χ1) is 10.1. The van der Waals surface area contributed by atoms with Crippen LogP contribution in [0, 0.1) is 11.8 Å². The zero-order valence-electron chi connectivity index (χ0n) is 13.0. The highest BCUT2D eigenvalue weighted by Crippen LogP contribution is 2.25. The Balaban J connectivity index is 0.00000242. The molecule has 2 unspecified atom stereocenters. The molecule has 0 spiro atoms. The molecule has 4 N–H and O–H groups in total. The van der Waals surface area contributed by atoms with Gasteiger partial charge in [-0.1, -0.05) is 19.3 Å². The predicted octanol–water partition coefficient (Wildman–Crippen LogP) is 0.191. The van der Waals surface area contributed by atoms with Crippen molar-refractivity contribution in [2.75, 3.05) is 26.2 Å². The minimum absolute atomic E-state index is 0. The highest BCUT2D eigenvalue weighted by molar-refractivity contribution is 5.85. The third kappa shape index (κ3) is 6.50. The number of hydrogen-bond acceptors (Lipinski definition) is 4. The van der Waals surface area contributed by atoms with Crippen LogP contribution in [-0.2, 0) is 9.59 Å². The lowest BCUT2D eigenvalue weighted by Crippen LogP contribution is -2.41. The molecule has 2 atom stereocenters. The Labute approximate surface area is 138 Å². The van der Waals surface area contributed by atoms with Gasteiger partial charge in [0.15, 0.2) is 0 Å². The molecule has 2 fully saturated rings. The summed E-state index contributed by atoms with van der Waals surface area (Å²) >= 11 is 0. The topological polar surface area (TPSA) is 90.5 Å². The molecule has 128 valence electrons. The molecule has 1 aliphatic carbocycles. The summed E-state index contributed by atoms with van der Waals surface area (Å²) in [5.41, 5.74) is 0. The summed E-state index contributed by atoms with van der Waals surface area (Å²) in [7, 11) is 0. The van der Waals surface area contributed by atoms with E-state index in [1.807, 2.05) is 0 Å². The van der Waals surface area contributed by atoms with Gasteiger partial charge in [-0.3, -0.25) is 9.59 Å². The van der Waals surface area contributed by atoms with Crippen molar-refractivity contribution in [1.82, 2.24) is 16.0 Å². The molecule has 1 heterocycles. The summed E-state index contributed by atoms with van der Waals surface area (Å²) in [6.07, 6.45) is 6.12. The molecule has 0 bridgehead atoms. The fourth-order valence-electron chi connectivity index (χ4n) is 3.14. The smallest absolute Gasteiger partial charge is 0.239 e. The SMILES string of the molecule is Cl.O=C(CNC(=O)CC1CCCCC1)NCC1CNCC1O. The molecule has 0 aromatic heterocycles. The number of carbonyl (C=O) groups excluding carboxylic acids is 2. The lowest BCUT2D eigenvalue weighted by molar-refractivity contribution is -0.126. The molecule has 1 saturated carbocycles. The van der Waals surface area contributed by atoms with E-state index >= 15 is 0 Å². The second kappa shape index (κ2) is 10.0. The molecule has 6 nitrogen and oxygen atoms in total. The molecule has 2 amide bonds. The van der Waals surface area contributed by atoms with Crippen molar-refractivity contribution in [2.45, 2.75) is 44.6 Å². The van der Waals surface area contributed by atoms with Crippen molar-refractivity contribution in [3.05, 3.63) is 0 Å². The van der Waals surface area contributed by atoms with Gasteiger partial charge in [0.25, 0.3) is 0 Å². The number of aliphatic hydroxyl groups excluding tert-OH is 1. The molecule has 0 aromatic rings. The number of halogens is 1. The first kappa shape index (κ1) is 19.2. The Morgan fingerprint density at radius 3 is 2.41 bits per heavy atom. The standard InChI is InChI=1S/C15H27N3O3.ClH/c19-13-9-16-7-12(13)8-17-15(21)10-18-14(20)6-11-4-2-1-3-5-11;/h11-13,16,19H,1-10H2,(H,17,21)(H,18,20);1H. The monoisotopic (exact) mass is 333 g/mol. The number of carbonyl (C=O) groups is 2. The van der Waals surface area contributed by atoms with Crippen LogP contribution in [-0.4, -0.2) is 49.2 Å². The third-order valence-electron chi connectivity index (χ3n) is 4.51. The van der Waals surface area contributed by atoms with Crippen molar-refractivity contribution in [1.29, 1.82) is 0 Å². The predicted molar refractivity (Wildman–Crippen MR) is 86.8 cm³/mol. The van der Waals surface area contributed by atoms with Crippen molar-refractivity contribution in [3.63, 3.8) is 0 Å². The fourth-order valence-corrected chi connectivity index (χ4v) is 3.14. The second-order valence-corrected chi connectivity index (χ2v) is 6.27. The number of rotatable bonds is 6. The molecule has 1 aliphatic heterocycles. The van der Waals surface area contributed by atoms with Crippen molar-refractivity contribution in [3.8, 4) is 0 Å². The maximum atomic E-state index is 11.8. The summed E-state index contributed by atoms with van der Waals surface area (Å²) in [5.74, 6) is 0.333. The van der Waals surface area contributed by atoms with Crippen LogP contribution in [0.5, 0.6) is 0 Å². The summed E-state index contributed by atoms with van der Waals surface area (Å²) < 4.78 is 0. The van der Waals surface area contributed by atoms with Crippen molar-refractivity contribution < 1.29 is 14.7 Å². The number of aliphatic hydroxyl groups is 1. The molecular formula is C15H28ClN3O3. The molecule has 22 heavy (non-hydrogen) atoms. The van der Waals surface area contributed by atoms with Gasteiger partial charge in [-0.05, 0) is 18.8 Å². The van der Waals surface area contributed by atoms with E-state index < -0.39 is 6.10 Å². The molecule has 0 aromatic carbocycles. The van der Waals surface area contributed by atoms with E-state index in [1.165, 1.54) is 19.3 Å². The van der Waals surface area contributed by atoms with Gasteiger partial charge in [0.1, 0.15) is 0 Å². The first-order valence-corrected chi connectivity index (χ1v) is 8.07. The van der Waals surface area contributed by atoms with Gasteiger partial charge in [-0.15, -0.1) is 12.4 Å². The zero-order valence-corrected chi connectivity index (χ0v) is 13.8. The van der Waals surface area contributed by atoms with Crippen molar-refractivity contribution in [2.24, 2.45) is 11.8 Å². The summed E-state index contributed by atoms with van der Waals surface area (Å²) in [6, 6.07) is 0. The van der Waals surface area contributed by atoms with Gasteiger partial charge in [-0.2, -0.15) is 0 Å². The van der Waals surface area contributed by atoms with Crippen LogP contribution in [0.3, 0.4) is 0 Å². The lowest BCUT2D eigenvalue weighted by atomic mass is 9.87. The van der Waals surface area contributed by atoms with E-state index in [-0.39, 0.29) is 36.7 Å². The molecule has 2 aliphatic rings. The Morgan fingerprint density at radius 2 is 1.77 bits per heavy atom. The molecular weight excluding hydrogens is 306 g/mol. The van der Waals surface area contributed by atoms with Gasteiger partial charge in [0, 0.05) is 32.0 Å². The van der Waals surface area contributed by atoms with Crippen LogP contribution in [0.1, 0.15) is 38.5 Å². The van der Waals surface area contributed by atoms with E-state index in [2.05, 4.69) is 16.0 Å². The Kier molecular flexibility index (Phi) is 8.75. The average Bonchev–Trinajstić information content (AvgIpc) is 2.89. The molecule has 1 saturated heterocycles. The van der Waals surface area contributed by atoms with Crippen molar-refractivity contribution >= 4 is 24.2 Å². The highest BCUT2D eigenvalue weighted by atomic mass is 35.5. The number of β-amino-alcohol motifs (C(OH)–C–C–N with tert-alkyl or cyclic N) is 1. The Morgan fingerprint density at radius 1 is 1.05 bits per heavy atom. The summed E-state index contributed by atoms with van der Waals surface area (Å²) in [4.78, 5) is 23.5. The second-order valence-electron chi connectivity index (χ2n) is 6.27. The Hall–Kier alpha value is -0.850. The lowest BCUT2D eigenvalue weighted by Gasteiger charge is -2.20. The average molecular weight is 334 g/mol. The minimum atomic E-state index is -0.397. The quantitative estimate of drug-likeness (QED) is 0.558. The fraction of sp³-hybridized carbons (Fsp3) is 0.867. The summed E-state index contributed by atoms with van der Waals surface area (Å²) in [5, 5.41) is 18.1. The van der Waals surface area contributed by atoms with E-state index in [4.69, 9.17) is 0 Å². The first-order valence-electron chi connectivity index (χ1n) is 8.07. The minimum Gasteiger partial charge on any atom is -0.391 e. The van der Waals surface area contributed by atoms with Gasteiger partial charge in [0.2, 0.25) is 11.8 Å². The Bertz CT molecular complexity index is 362. The third-order valence-corrected chi connectivity index (χ3v) is 4.51. The van der Waals surface area contributed by atoms with Crippen LogP contribution in [0.4, 0.5) is 0 Å². The van der Waals surface area contributed by atoms with Gasteiger partial charge < -0.3 is 21.1 Å². The van der Waals surface area contributed by atoms with Crippen LogP contribution in [0.15, 0.2) is 0 Å². The van der Waals surface area contributed by atoms with E-state index in [0.717, 1.165) is 19.4 Å². The number of hydrogen-bond donors (Lipinski definition) is 4. The van der Waals surface area contributed by atoms with E-state index in [1.54, 1.807) is 0 Å². The number of nitrogens with one attached hydrogen (secondary N) is 3. The summed E-state index contributed by atoms with van der Waals surface area (Å²) in [6.45, 7) is 1.78. The molecule has 7 heteroatoms. The number of amides is 2. The van der Waals surface area contributed by atoms with Crippen LogP contribution >= 0.6 is 12.4 Å². The van der Waals surface area contributed by atoms with Crippen LogP contribution < -0.4 is 16.0 Å². The highest BCUT2D eigenvalue weighted by Gasteiger charge is 2.25. The van der Waals surface area contributed by atoms with E-state index in [9.17, 15) is 14.7 Å². The zero-order chi connectivity index (χ0) is 15.1.